The molecule has 2 aromatic rings. The monoisotopic (exact) mass is 325 g/mol. The second-order valence-electron chi connectivity index (χ2n) is 4.31. The summed E-state index contributed by atoms with van der Waals surface area (Å²) < 4.78 is 19.2. The minimum absolute atomic E-state index is 0.125. The fourth-order valence-electron chi connectivity index (χ4n) is 1.67. The van der Waals surface area contributed by atoms with Crippen molar-refractivity contribution in [3.63, 3.8) is 0 Å². The van der Waals surface area contributed by atoms with Gasteiger partial charge in [0, 0.05) is 0 Å². The van der Waals surface area contributed by atoms with E-state index in [4.69, 9.17) is 10.5 Å². The molecule has 100 valence electrons. The minimum atomic E-state index is -0.348. The Kier molecular flexibility index (Phi) is 3.99. The number of halogens is 2. The number of hydrogen-bond acceptors (Lipinski definition) is 4. The first-order valence-corrected chi connectivity index (χ1v) is 6.51. The van der Waals surface area contributed by atoms with E-state index >= 15 is 0 Å². The molecule has 1 aromatic carbocycles. The van der Waals surface area contributed by atoms with Gasteiger partial charge in [0.15, 0.2) is 0 Å². The maximum absolute atomic E-state index is 13.2. The molecule has 0 aliphatic carbocycles. The van der Waals surface area contributed by atoms with Gasteiger partial charge in [-0.15, -0.1) is 0 Å². The largest absolute Gasteiger partial charge is 0.438 e. The van der Waals surface area contributed by atoms with Crippen molar-refractivity contribution in [3.05, 3.63) is 40.4 Å². The predicted octanol–water partition coefficient (Wildman–Crippen LogP) is 3.88. The number of benzene rings is 1. The maximum Gasteiger partial charge on any atom is 0.227 e. The highest BCUT2D eigenvalue weighted by atomic mass is 79.9. The molecule has 0 saturated carbocycles. The number of nitrogens with two attached hydrogens (primary N) is 1. The number of nitrogen functional groups attached to an aromatic ring is 1. The van der Waals surface area contributed by atoms with E-state index in [9.17, 15) is 4.39 Å². The van der Waals surface area contributed by atoms with Crippen LogP contribution in [-0.2, 0) is 0 Å². The summed E-state index contributed by atoms with van der Waals surface area (Å²) in [6.45, 7) is 3.95. The van der Waals surface area contributed by atoms with Crippen LogP contribution in [0.1, 0.15) is 25.3 Å². The van der Waals surface area contributed by atoms with Crippen LogP contribution in [0, 0.1) is 5.82 Å². The van der Waals surface area contributed by atoms with E-state index in [2.05, 4.69) is 25.9 Å². The molecule has 0 saturated heterocycles. The van der Waals surface area contributed by atoms with Crippen LogP contribution in [0.2, 0.25) is 0 Å². The lowest BCUT2D eigenvalue weighted by atomic mass is 10.1. The van der Waals surface area contributed by atoms with Gasteiger partial charge < -0.3 is 10.5 Å². The molecule has 0 atom stereocenters. The third-order valence-corrected chi connectivity index (χ3v) is 3.17. The highest BCUT2D eigenvalue weighted by molar-refractivity contribution is 9.10. The van der Waals surface area contributed by atoms with Crippen molar-refractivity contribution in [2.24, 2.45) is 0 Å². The lowest BCUT2D eigenvalue weighted by Crippen LogP contribution is -2.04. The molecule has 19 heavy (non-hydrogen) atoms. The van der Waals surface area contributed by atoms with Crippen molar-refractivity contribution in [1.82, 2.24) is 9.97 Å². The lowest BCUT2D eigenvalue weighted by Gasteiger charge is -2.14. The Morgan fingerprint density at radius 2 is 2.05 bits per heavy atom. The Hall–Kier alpha value is -1.69. The first-order valence-electron chi connectivity index (χ1n) is 5.72. The summed E-state index contributed by atoms with van der Waals surface area (Å²) in [6.07, 6.45) is 1.34. The van der Waals surface area contributed by atoms with Crippen molar-refractivity contribution < 1.29 is 9.13 Å². The molecule has 0 bridgehead atoms. The van der Waals surface area contributed by atoms with Crippen LogP contribution in [0.25, 0.3) is 0 Å². The fraction of sp³-hybridized carbons (Fsp3) is 0.231. The Labute approximate surface area is 119 Å². The van der Waals surface area contributed by atoms with Gasteiger partial charge in [-0.2, -0.15) is 0 Å². The number of ether oxygens (including phenoxy) is 1. The molecule has 0 unspecified atom stereocenters. The van der Waals surface area contributed by atoms with Gasteiger partial charge in [0.1, 0.15) is 23.7 Å². The standard InChI is InChI=1S/C13H13BrFN3O/c1-7(2)11-12(16)17-6-18-13(11)19-8-3-4-10(15)9(14)5-8/h3-7H,1-2H3,(H2,16,17,18). The summed E-state index contributed by atoms with van der Waals surface area (Å²) in [4.78, 5) is 8.04. The van der Waals surface area contributed by atoms with Crippen molar-refractivity contribution in [1.29, 1.82) is 0 Å². The molecule has 4 nitrogen and oxygen atoms in total. The summed E-state index contributed by atoms with van der Waals surface area (Å²) in [6, 6.07) is 4.39. The molecule has 0 aliphatic heterocycles. The van der Waals surface area contributed by atoms with Crippen LogP contribution >= 0.6 is 15.9 Å². The van der Waals surface area contributed by atoms with Crippen molar-refractivity contribution in [2.75, 3.05) is 5.73 Å². The Bertz CT molecular complexity index is 604. The summed E-state index contributed by atoms with van der Waals surface area (Å²) in [7, 11) is 0. The maximum atomic E-state index is 13.2. The summed E-state index contributed by atoms with van der Waals surface area (Å²) in [5.41, 5.74) is 6.57. The second kappa shape index (κ2) is 5.52. The molecular weight excluding hydrogens is 313 g/mol. The molecule has 2 N–H and O–H groups in total. The molecule has 0 aliphatic rings. The Morgan fingerprint density at radius 1 is 1.32 bits per heavy atom. The van der Waals surface area contributed by atoms with Gasteiger partial charge in [-0.05, 0) is 40.0 Å². The summed E-state index contributed by atoms with van der Waals surface area (Å²) in [5, 5.41) is 0. The van der Waals surface area contributed by atoms with Gasteiger partial charge in [0.2, 0.25) is 5.88 Å². The van der Waals surface area contributed by atoms with Crippen LogP contribution in [0.5, 0.6) is 11.6 Å². The quantitative estimate of drug-likeness (QED) is 0.930. The zero-order chi connectivity index (χ0) is 14.0. The van der Waals surface area contributed by atoms with Gasteiger partial charge in [-0.25, -0.2) is 14.4 Å². The summed E-state index contributed by atoms with van der Waals surface area (Å²) in [5.74, 6) is 1.04. The number of rotatable bonds is 3. The highest BCUT2D eigenvalue weighted by Crippen LogP contribution is 2.32. The number of aromatic nitrogens is 2. The molecule has 6 heteroatoms. The van der Waals surface area contributed by atoms with Crippen LogP contribution in [0.15, 0.2) is 29.0 Å². The average molecular weight is 326 g/mol. The molecule has 1 aromatic heterocycles. The molecule has 0 radical (unpaired) electrons. The molecule has 2 rings (SSSR count). The predicted molar refractivity (Wildman–Crippen MR) is 74.7 cm³/mol. The third-order valence-electron chi connectivity index (χ3n) is 2.56. The lowest BCUT2D eigenvalue weighted by molar-refractivity contribution is 0.450. The molecule has 1 heterocycles. The third kappa shape index (κ3) is 3.01. The molecule has 0 amide bonds. The van der Waals surface area contributed by atoms with E-state index in [-0.39, 0.29) is 11.7 Å². The smallest absolute Gasteiger partial charge is 0.227 e. The highest BCUT2D eigenvalue weighted by Gasteiger charge is 2.15. The van der Waals surface area contributed by atoms with Crippen LogP contribution in [-0.4, -0.2) is 9.97 Å². The van der Waals surface area contributed by atoms with E-state index in [1.54, 1.807) is 0 Å². The van der Waals surface area contributed by atoms with Gasteiger partial charge in [-0.1, -0.05) is 13.8 Å². The molecule has 0 spiro atoms. The van der Waals surface area contributed by atoms with Crippen molar-refractivity contribution in [2.45, 2.75) is 19.8 Å². The fourth-order valence-corrected chi connectivity index (χ4v) is 2.03. The topological polar surface area (TPSA) is 61.0 Å². The first kappa shape index (κ1) is 13.7. The summed E-state index contributed by atoms with van der Waals surface area (Å²) >= 11 is 3.11. The van der Waals surface area contributed by atoms with E-state index in [1.807, 2.05) is 13.8 Å². The van der Waals surface area contributed by atoms with Crippen LogP contribution in [0.3, 0.4) is 0 Å². The molecular formula is C13H13BrFN3O. The normalized spacial score (nSPS) is 10.8. The zero-order valence-electron chi connectivity index (χ0n) is 10.5. The van der Waals surface area contributed by atoms with Crippen molar-refractivity contribution >= 4 is 21.7 Å². The van der Waals surface area contributed by atoms with Gasteiger partial charge >= 0.3 is 0 Å². The van der Waals surface area contributed by atoms with Crippen molar-refractivity contribution in [3.8, 4) is 11.6 Å². The van der Waals surface area contributed by atoms with Gasteiger partial charge in [0.05, 0.1) is 10.0 Å². The van der Waals surface area contributed by atoms with Crippen LogP contribution < -0.4 is 10.5 Å². The van der Waals surface area contributed by atoms with E-state index in [0.717, 1.165) is 5.56 Å². The van der Waals surface area contributed by atoms with Crippen LogP contribution in [0.4, 0.5) is 10.2 Å². The van der Waals surface area contributed by atoms with E-state index in [0.29, 0.717) is 21.9 Å². The Balaban J connectivity index is 2.38. The number of hydrogen-bond donors (Lipinski definition) is 1. The van der Waals surface area contributed by atoms with E-state index < -0.39 is 0 Å². The SMILES string of the molecule is CC(C)c1c(N)ncnc1Oc1ccc(F)c(Br)c1. The van der Waals surface area contributed by atoms with Gasteiger partial charge in [-0.3, -0.25) is 0 Å². The number of nitrogens with zero attached hydrogens (tertiary/aromatic N) is 2. The minimum Gasteiger partial charge on any atom is -0.438 e. The Morgan fingerprint density at radius 3 is 2.68 bits per heavy atom. The zero-order valence-corrected chi connectivity index (χ0v) is 12.1. The number of anilines is 1. The second-order valence-corrected chi connectivity index (χ2v) is 5.16. The van der Waals surface area contributed by atoms with Gasteiger partial charge in [0.25, 0.3) is 0 Å². The average Bonchev–Trinajstić information content (AvgIpc) is 2.33. The molecule has 0 fully saturated rings. The first-order chi connectivity index (χ1) is 8.99. The van der Waals surface area contributed by atoms with E-state index in [1.165, 1.54) is 24.5 Å².